The van der Waals surface area contributed by atoms with Crippen molar-refractivity contribution in [3.05, 3.63) is 36.0 Å². The van der Waals surface area contributed by atoms with Gasteiger partial charge in [-0.05, 0) is 17.5 Å². The summed E-state index contributed by atoms with van der Waals surface area (Å²) in [5.41, 5.74) is 2.16. The fourth-order valence-corrected chi connectivity index (χ4v) is 2.23. The van der Waals surface area contributed by atoms with Gasteiger partial charge in [-0.3, -0.25) is 4.79 Å². The molecular formula is C15H20N2O. The van der Waals surface area contributed by atoms with Gasteiger partial charge in [0.15, 0.2) is 0 Å². The van der Waals surface area contributed by atoms with Crippen LogP contribution in [0.4, 0.5) is 0 Å². The zero-order chi connectivity index (χ0) is 13.1. The van der Waals surface area contributed by atoms with Crippen LogP contribution in [0.3, 0.4) is 0 Å². The number of benzene rings is 1. The summed E-state index contributed by atoms with van der Waals surface area (Å²) in [4.78, 5) is 17.1. The molecule has 0 unspecified atom stereocenters. The zero-order valence-electron chi connectivity index (χ0n) is 11.2. The first-order valence-corrected chi connectivity index (χ1v) is 6.37. The summed E-state index contributed by atoms with van der Waals surface area (Å²) >= 11 is 0. The van der Waals surface area contributed by atoms with Crippen molar-refractivity contribution in [2.75, 3.05) is 13.6 Å². The Kier molecular flexibility index (Phi) is 3.70. The number of hydrogen-bond donors (Lipinski definition) is 1. The molecule has 0 aliphatic rings. The van der Waals surface area contributed by atoms with Crippen molar-refractivity contribution in [2.24, 2.45) is 5.92 Å². The maximum absolute atomic E-state index is 12.1. The molecule has 1 amide bonds. The van der Waals surface area contributed by atoms with Crippen molar-refractivity contribution in [1.82, 2.24) is 9.88 Å². The summed E-state index contributed by atoms with van der Waals surface area (Å²) in [6.07, 6.45) is 2.40. The number of likely N-dealkylation sites (N-methyl/N-ethyl adjacent to an activating group) is 1. The average Bonchev–Trinajstić information content (AvgIpc) is 2.72. The van der Waals surface area contributed by atoms with Gasteiger partial charge in [-0.2, -0.15) is 0 Å². The highest BCUT2D eigenvalue weighted by Crippen LogP contribution is 2.18. The quantitative estimate of drug-likeness (QED) is 0.882. The minimum absolute atomic E-state index is 0.174. The minimum Gasteiger partial charge on any atom is -0.361 e. The first-order valence-electron chi connectivity index (χ1n) is 6.37. The van der Waals surface area contributed by atoms with E-state index < -0.39 is 0 Å². The van der Waals surface area contributed by atoms with Gasteiger partial charge in [-0.15, -0.1) is 0 Å². The van der Waals surface area contributed by atoms with Crippen LogP contribution in [-0.4, -0.2) is 29.4 Å². The third-order valence-electron chi connectivity index (χ3n) is 3.08. The predicted molar refractivity (Wildman–Crippen MR) is 74.5 cm³/mol. The molecule has 96 valence electrons. The molecule has 1 heterocycles. The normalized spacial score (nSPS) is 11.1. The van der Waals surface area contributed by atoms with Crippen LogP contribution in [0, 0.1) is 5.92 Å². The van der Waals surface area contributed by atoms with Crippen LogP contribution in [-0.2, 0) is 11.2 Å². The van der Waals surface area contributed by atoms with Gasteiger partial charge in [0, 0.05) is 30.7 Å². The molecule has 1 aromatic heterocycles. The van der Waals surface area contributed by atoms with E-state index in [0.29, 0.717) is 12.3 Å². The predicted octanol–water partition coefficient (Wildman–Crippen LogP) is 2.82. The van der Waals surface area contributed by atoms with E-state index in [1.54, 1.807) is 0 Å². The molecule has 3 heteroatoms. The Morgan fingerprint density at radius 3 is 2.78 bits per heavy atom. The Balaban J connectivity index is 2.12. The van der Waals surface area contributed by atoms with Crippen molar-refractivity contribution in [3.63, 3.8) is 0 Å². The van der Waals surface area contributed by atoms with E-state index in [2.05, 4.69) is 24.9 Å². The number of rotatable bonds is 4. The van der Waals surface area contributed by atoms with Crippen molar-refractivity contribution in [1.29, 1.82) is 0 Å². The van der Waals surface area contributed by atoms with E-state index in [1.807, 2.05) is 36.3 Å². The molecule has 0 aliphatic carbocycles. The lowest BCUT2D eigenvalue weighted by molar-refractivity contribution is -0.129. The summed E-state index contributed by atoms with van der Waals surface area (Å²) in [5, 5.41) is 1.14. The molecule has 2 aromatic rings. The Labute approximate surface area is 108 Å². The number of aromatic amines is 1. The molecule has 2 rings (SSSR count). The van der Waals surface area contributed by atoms with Crippen molar-refractivity contribution in [2.45, 2.75) is 20.3 Å². The summed E-state index contributed by atoms with van der Waals surface area (Å²) in [6.45, 7) is 5.05. The third kappa shape index (κ3) is 2.73. The Hall–Kier alpha value is -1.77. The van der Waals surface area contributed by atoms with E-state index in [0.717, 1.165) is 23.0 Å². The lowest BCUT2D eigenvalue weighted by atomic mass is 10.1. The molecule has 0 aliphatic heterocycles. The van der Waals surface area contributed by atoms with Crippen LogP contribution in [0.2, 0.25) is 0 Å². The van der Waals surface area contributed by atoms with Crippen LogP contribution in [0.25, 0.3) is 10.9 Å². The average molecular weight is 244 g/mol. The van der Waals surface area contributed by atoms with Gasteiger partial charge in [0.05, 0.1) is 6.42 Å². The van der Waals surface area contributed by atoms with E-state index in [4.69, 9.17) is 0 Å². The lowest BCUT2D eigenvalue weighted by Gasteiger charge is -2.19. The first-order chi connectivity index (χ1) is 8.58. The van der Waals surface area contributed by atoms with Crippen LogP contribution in [0.15, 0.2) is 30.5 Å². The molecule has 0 radical (unpaired) electrons. The second-order valence-corrected chi connectivity index (χ2v) is 5.20. The molecule has 0 bridgehead atoms. The van der Waals surface area contributed by atoms with Gasteiger partial charge < -0.3 is 9.88 Å². The molecule has 0 atom stereocenters. The van der Waals surface area contributed by atoms with Gasteiger partial charge in [0.25, 0.3) is 0 Å². The third-order valence-corrected chi connectivity index (χ3v) is 3.08. The van der Waals surface area contributed by atoms with Gasteiger partial charge in [0.1, 0.15) is 0 Å². The molecule has 1 N–H and O–H groups in total. The standard InChI is InChI=1S/C15H20N2O/c1-11(2)10-17(3)15(18)8-12-9-16-14-7-5-4-6-13(12)14/h4-7,9,11,16H,8,10H2,1-3H3. The highest BCUT2D eigenvalue weighted by Gasteiger charge is 2.13. The van der Waals surface area contributed by atoms with Crippen LogP contribution < -0.4 is 0 Å². The second kappa shape index (κ2) is 5.25. The lowest BCUT2D eigenvalue weighted by Crippen LogP contribution is -2.31. The molecule has 0 fully saturated rings. The molecule has 1 aromatic carbocycles. The van der Waals surface area contributed by atoms with E-state index in [9.17, 15) is 4.79 Å². The number of fused-ring (bicyclic) bond motifs is 1. The number of aromatic nitrogens is 1. The smallest absolute Gasteiger partial charge is 0.226 e. The number of carbonyl (C=O) groups excluding carboxylic acids is 1. The van der Waals surface area contributed by atoms with E-state index in [-0.39, 0.29) is 5.91 Å². The van der Waals surface area contributed by atoms with Crippen molar-refractivity contribution in [3.8, 4) is 0 Å². The molecule has 0 saturated carbocycles. The number of nitrogens with zero attached hydrogens (tertiary/aromatic N) is 1. The fraction of sp³-hybridized carbons (Fsp3) is 0.400. The topological polar surface area (TPSA) is 36.1 Å². The number of H-pyrrole nitrogens is 1. The first kappa shape index (κ1) is 12.7. The number of nitrogens with one attached hydrogen (secondary N) is 1. The molecule has 3 nitrogen and oxygen atoms in total. The van der Waals surface area contributed by atoms with E-state index in [1.165, 1.54) is 0 Å². The minimum atomic E-state index is 0.174. The summed E-state index contributed by atoms with van der Waals surface area (Å²) in [5.74, 6) is 0.676. The number of para-hydroxylation sites is 1. The maximum Gasteiger partial charge on any atom is 0.226 e. The largest absolute Gasteiger partial charge is 0.361 e. The monoisotopic (exact) mass is 244 g/mol. The number of carbonyl (C=O) groups is 1. The van der Waals surface area contributed by atoms with Crippen molar-refractivity contribution >= 4 is 16.8 Å². The SMILES string of the molecule is CC(C)CN(C)C(=O)Cc1c[nH]c2ccccc12. The van der Waals surface area contributed by atoms with Crippen LogP contribution in [0.5, 0.6) is 0 Å². The fourth-order valence-electron chi connectivity index (χ4n) is 2.23. The zero-order valence-corrected chi connectivity index (χ0v) is 11.2. The summed E-state index contributed by atoms with van der Waals surface area (Å²) in [6, 6.07) is 8.08. The van der Waals surface area contributed by atoms with Gasteiger partial charge in [-0.1, -0.05) is 32.0 Å². The summed E-state index contributed by atoms with van der Waals surface area (Å²) in [7, 11) is 1.87. The van der Waals surface area contributed by atoms with Crippen LogP contribution in [0.1, 0.15) is 19.4 Å². The molecule has 0 spiro atoms. The number of hydrogen-bond acceptors (Lipinski definition) is 1. The molecular weight excluding hydrogens is 224 g/mol. The molecule has 18 heavy (non-hydrogen) atoms. The highest BCUT2D eigenvalue weighted by molar-refractivity contribution is 5.88. The van der Waals surface area contributed by atoms with Gasteiger partial charge in [-0.25, -0.2) is 0 Å². The van der Waals surface area contributed by atoms with Gasteiger partial charge in [0.2, 0.25) is 5.91 Å². The Morgan fingerprint density at radius 2 is 2.06 bits per heavy atom. The van der Waals surface area contributed by atoms with Crippen LogP contribution >= 0.6 is 0 Å². The van der Waals surface area contributed by atoms with E-state index >= 15 is 0 Å². The maximum atomic E-state index is 12.1. The second-order valence-electron chi connectivity index (χ2n) is 5.20. The highest BCUT2D eigenvalue weighted by atomic mass is 16.2. The Morgan fingerprint density at radius 1 is 1.33 bits per heavy atom. The van der Waals surface area contributed by atoms with Crippen molar-refractivity contribution < 1.29 is 4.79 Å². The number of amides is 1. The Bertz CT molecular complexity index is 542. The molecule has 0 saturated heterocycles. The van der Waals surface area contributed by atoms with Gasteiger partial charge >= 0.3 is 0 Å². The summed E-state index contributed by atoms with van der Waals surface area (Å²) < 4.78 is 0.